The van der Waals surface area contributed by atoms with E-state index in [1.165, 1.54) is 19.2 Å². The van der Waals surface area contributed by atoms with E-state index in [1.807, 2.05) is 0 Å². The Morgan fingerprint density at radius 2 is 1.89 bits per heavy atom. The smallest absolute Gasteiger partial charge is 0.255 e. The first kappa shape index (κ1) is 22.3. The van der Waals surface area contributed by atoms with Crippen molar-refractivity contribution >= 4 is 23.4 Å². The van der Waals surface area contributed by atoms with Gasteiger partial charge in [-0.2, -0.15) is 0 Å². The zero-order valence-electron chi connectivity index (χ0n) is 16.5. The molecule has 1 aromatic carbocycles. The van der Waals surface area contributed by atoms with Crippen molar-refractivity contribution in [2.24, 2.45) is 5.73 Å². The zero-order valence-corrected chi connectivity index (χ0v) is 17.3. The predicted molar refractivity (Wildman–Crippen MR) is 108 cm³/mol. The van der Waals surface area contributed by atoms with Crippen molar-refractivity contribution in [2.75, 3.05) is 59.5 Å². The van der Waals surface area contributed by atoms with E-state index in [1.54, 1.807) is 0 Å². The van der Waals surface area contributed by atoms with Crippen LogP contribution >= 0.6 is 11.6 Å². The standard InChI is InChI=1S/C19H29ClN4O4/c1-3-23-7-9-24(10-8-23)6-4-5-22-19(26)14-11-15(20)18(16(12-14)27-2)28-13-17(21)25/h11-12H,3-10,13H2,1-2H3,(H2,21,25)(H,22,26). The van der Waals surface area contributed by atoms with Crippen LogP contribution in [0.5, 0.6) is 11.5 Å². The van der Waals surface area contributed by atoms with Gasteiger partial charge in [0.05, 0.1) is 12.1 Å². The number of likely N-dealkylation sites (N-methyl/N-ethyl adjacent to an activating group) is 1. The molecule has 2 rings (SSSR count). The van der Waals surface area contributed by atoms with Crippen LogP contribution in [0.2, 0.25) is 5.02 Å². The quantitative estimate of drug-likeness (QED) is 0.556. The lowest BCUT2D eigenvalue weighted by Gasteiger charge is -2.33. The number of halogens is 1. The fourth-order valence-corrected chi connectivity index (χ4v) is 3.34. The average molecular weight is 413 g/mol. The second-order valence-corrected chi connectivity index (χ2v) is 7.04. The third-order valence-corrected chi connectivity index (χ3v) is 4.98. The van der Waals surface area contributed by atoms with Gasteiger partial charge in [0.15, 0.2) is 18.1 Å². The molecule has 0 aliphatic carbocycles. The molecule has 1 aliphatic heterocycles. The van der Waals surface area contributed by atoms with Crippen LogP contribution in [0.25, 0.3) is 0 Å². The Hall–Kier alpha value is -2.03. The number of rotatable bonds is 10. The van der Waals surface area contributed by atoms with Crippen molar-refractivity contribution in [3.8, 4) is 11.5 Å². The fraction of sp³-hybridized carbons (Fsp3) is 0.579. The van der Waals surface area contributed by atoms with Gasteiger partial charge in [-0.25, -0.2) is 0 Å². The molecule has 9 heteroatoms. The van der Waals surface area contributed by atoms with Gasteiger partial charge in [-0.3, -0.25) is 9.59 Å². The molecule has 156 valence electrons. The summed E-state index contributed by atoms with van der Waals surface area (Å²) in [7, 11) is 1.43. The van der Waals surface area contributed by atoms with Gasteiger partial charge in [0.2, 0.25) is 0 Å². The molecule has 1 fully saturated rings. The Bertz CT molecular complexity index is 678. The van der Waals surface area contributed by atoms with Crippen LogP contribution in [-0.2, 0) is 4.79 Å². The average Bonchev–Trinajstić information content (AvgIpc) is 2.69. The molecule has 28 heavy (non-hydrogen) atoms. The molecule has 0 bridgehead atoms. The largest absolute Gasteiger partial charge is 0.493 e. The summed E-state index contributed by atoms with van der Waals surface area (Å²) in [6.45, 7) is 8.84. The van der Waals surface area contributed by atoms with Crippen molar-refractivity contribution in [1.29, 1.82) is 0 Å². The molecule has 0 spiro atoms. The number of carbonyl (C=O) groups excluding carboxylic acids is 2. The zero-order chi connectivity index (χ0) is 20.5. The first-order valence-corrected chi connectivity index (χ1v) is 9.84. The molecular formula is C19H29ClN4O4. The summed E-state index contributed by atoms with van der Waals surface area (Å²) < 4.78 is 10.5. The summed E-state index contributed by atoms with van der Waals surface area (Å²) in [4.78, 5) is 28.2. The van der Waals surface area contributed by atoms with Crippen LogP contribution in [0, 0.1) is 0 Å². The molecule has 1 aromatic rings. The van der Waals surface area contributed by atoms with Gasteiger partial charge in [-0.15, -0.1) is 0 Å². The number of amides is 2. The monoisotopic (exact) mass is 412 g/mol. The first-order chi connectivity index (χ1) is 13.4. The van der Waals surface area contributed by atoms with E-state index in [4.69, 9.17) is 26.8 Å². The second kappa shape index (κ2) is 11.1. The molecule has 0 aromatic heterocycles. The van der Waals surface area contributed by atoms with E-state index < -0.39 is 5.91 Å². The molecule has 1 saturated heterocycles. The van der Waals surface area contributed by atoms with Gasteiger partial charge in [-0.1, -0.05) is 18.5 Å². The Balaban J connectivity index is 1.83. The van der Waals surface area contributed by atoms with Crippen molar-refractivity contribution in [2.45, 2.75) is 13.3 Å². The molecule has 8 nitrogen and oxygen atoms in total. The number of nitrogens with one attached hydrogen (secondary N) is 1. The van der Waals surface area contributed by atoms with Crippen LogP contribution in [0.4, 0.5) is 0 Å². The van der Waals surface area contributed by atoms with Crippen LogP contribution in [0.15, 0.2) is 12.1 Å². The molecule has 0 radical (unpaired) electrons. The maximum Gasteiger partial charge on any atom is 0.255 e. The lowest BCUT2D eigenvalue weighted by Crippen LogP contribution is -2.46. The van der Waals surface area contributed by atoms with Crippen molar-refractivity contribution in [1.82, 2.24) is 15.1 Å². The number of nitrogens with zero attached hydrogens (tertiary/aromatic N) is 2. The highest BCUT2D eigenvalue weighted by Gasteiger charge is 2.17. The van der Waals surface area contributed by atoms with E-state index in [9.17, 15) is 9.59 Å². The van der Waals surface area contributed by atoms with Crippen LogP contribution < -0.4 is 20.5 Å². The molecule has 2 amide bonds. The van der Waals surface area contributed by atoms with Gasteiger partial charge in [0.1, 0.15) is 0 Å². The minimum atomic E-state index is -0.629. The number of ether oxygens (including phenoxy) is 2. The van der Waals surface area contributed by atoms with E-state index >= 15 is 0 Å². The topological polar surface area (TPSA) is 97.1 Å². The van der Waals surface area contributed by atoms with Crippen LogP contribution in [-0.4, -0.2) is 81.1 Å². The fourth-order valence-electron chi connectivity index (χ4n) is 3.07. The number of primary amides is 1. The summed E-state index contributed by atoms with van der Waals surface area (Å²) in [5.74, 6) is -0.410. The van der Waals surface area contributed by atoms with Crippen molar-refractivity contribution in [3.05, 3.63) is 22.7 Å². The number of piperazine rings is 1. The third-order valence-electron chi connectivity index (χ3n) is 4.70. The van der Waals surface area contributed by atoms with E-state index in [0.29, 0.717) is 12.1 Å². The van der Waals surface area contributed by atoms with Gasteiger partial charge < -0.3 is 30.3 Å². The molecular weight excluding hydrogens is 384 g/mol. The molecule has 0 unspecified atom stereocenters. The van der Waals surface area contributed by atoms with Crippen LogP contribution in [0.3, 0.4) is 0 Å². The number of methoxy groups -OCH3 is 1. The minimum Gasteiger partial charge on any atom is -0.493 e. The molecule has 3 N–H and O–H groups in total. The Morgan fingerprint density at radius 3 is 2.50 bits per heavy atom. The Labute approximate surface area is 170 Å². The van der Waals surface area contributed by atoms with Gasteiger partial charge in [-0.05, 0) is 31.6 Å². The van der Waals surface area contributed by atoms with Crippen molar-refractivity contribution < 1.29 is 19.1 Å². The highest BCUT2D eigenvalue weighted by Crippen LogP contribution is 2.36. The molecule has 1 aliphatic rings. The first-order valence-electron chi connectivity index (χ1n) is 9.46. The SMILES string of the molecule is CCN1CCN(CCCNC(=O)c2cc(Cl)c(OCC(N)=O)c(OC)c2)CC1. The summed E-state index contributed by atoms with van der Waals surface area (Å²) in [6.07, 6.45) is 0.878. The van der Waals surface area contributed by atoms with E-state index in [-0.39, 0.29) is 29.0 Å². The number of carbonyl (C=O) groups is 2. The Morgan fingerprint density at radius 1 is 1.21 bits per heavy atom. The summed E-state index contributed by atoms with van der Waals surface area (Å²) >= 11 is 6.18. The molecule has 1 heterocycles. The van der Waals surface area contributed by atoms with Crippen molar-refractivity contribution in [3.63, 3.8) is 0 Å². The maximum absolute atomic E-state index is 12.4. The number of nitrogens with two attached hydrogens (primary N) is 1. The molecule has 0 saturated carbocycles. The lowest BCUT2D eigenvalue weighted by molar-refractivity contribution is -0.119. The normalized spacial score (nSPS) is 15.2. The summed E-state index contributed by atoms with van der Waals surface area (Å²) in [6, 6.07) is 3.02. The molecule has 0 atom stereocenters. The number of hydrogen-bond donors (Lipinski definition) is 2. The number of benzene rings is 1. The highest BCUT2D eigenvalue weighted by atomic mass is 35.5. The van der Waals surface area contributed by atoms with Gasteiger partial charge >= 0.3 is 0 Å². The van der Waals surface area contributed by atoms with Crippen LogP contribution in [0.1, 0.15) is 23.7 Å². The minimum absolute atomic E-state index is 0.180. The third kappa shape index (κ3) is 6.54. The van der Waals surface area contributed by atoms with E-state index in [2.05, 4.69) is 22.0 Å². The van der Waals surface area contributed by atoms with Gasteiger partial charge in [0, 0.05) is 38.3 Å². The highest BCUT2D eigenvalue weighted by molar-refractivity contribution is 6.32. The van der Waals surface area contributed by atoms with E-state index in [0.717, 1.165) is 45.7 Å². The second-order valence-electron chi connectivity index (χ2n) is 6.63. The summed E-state index contributed by atoms with van der Waals surface area (Å²) in [5.41, 5.74) is 5.44. The predicted octanol–water partition coefficient (Wildman–Crippen LogP) is 0.970. The van der Waals surface area contributed by atoms with Gasteiger partial charge in [0.25, 0.3) is 11.8 Å². The lowest BCUT2D eigenvalue weighted by atomic mass is 10.2. The Kier molecular flexibility index (Phi) is 8.82. The number of hydrogen-bond acceptors (Lipinski definition) is 6. The maximum atomic E-state index is 12.4. The summed E-state index contributed by atoms with van der Waals surface area (Å²) in [5, 5.41) is 3.08.